The Hall–Kier alpha value is -3.12. The zero-order valence-corrected chi connectivity index (χ0v) is 15.6. The normalized spacial score (nSPS) is 14.1. The number of nitrogens with zero attached hydrogens (tertiary/aromatic N) is 2. The minimum absolute atomic E-state index is 0.134. The van der Waals surface area contributed by atoms with Crippen LogP contribution >= 0.6 is 0 Å². The van der Waals surface area contributed by atoms with E-state index < -0.39 is 11.8 Å². The largest absolute Gasteiger partial charge is 0.496 e. The van der Waals surface area contributed by atoms with Gasteiger partial charge in [-0.15, -0.1) is 0 Å². The number of ether oxygens (including phenoxy) is 1. The van der Waals surface area contributed by atoms with E-state index in [1.54, 1.807) is 48.3 Å². The molecule has 2 aromatic rings. The highest BCUT2D eigenvalue weighted by Crippen LogP contribution is 2.38. The predicted octanol–water partition coefficient (Wildman–Crippen LogP) is 2.21. The molecular formula is C21H22N2O4. The first-order chi connectivity index (χ1) is 13.0. The van der Waals surface area contributed by atoms with E-state index in [0.29, 0.717) is 17.0 Å². The number of anilines is 1. The molecule has 2 amide bonds. The molecule has 140 valence electrons. The molecule has 0 fully saturated rings. The number of amides is 2. The van der Waals surface area contributed by atoms with Crippen LogP contribution in [0.15, 0.2) is 54.2 Å². The number of aliphatic hydroxyl groups excluding tert-OH is 1. The van der Waals surface area contributed by atoms with Crippen LogP contribution in [0.25, 0.3) is 5.57 Å². The van der Waals surface area contributed by atoms with Gasteiger partial charge in [0.1, 0.15) is 11.4 Å². The topological polar surface area (TPSA) is 70.1 Å². The first kappa shape index (κ1) is 18.7. The lowest BCUT2D eigenvalue weighted by Gasteiger charge is -2.21. The highest BCUT2D eigenvalue weighted by Gasteiger charge is 2.42. The van der Waals surface area contributed by atoms with E-state index in [9.17, 15) is 14.7 Å². The fraction of sp³-hybridized carbons (Fsp3) is 0.238. The number of carbonyl (C=O) groups excluding carboxylic acids is 2. The number of benzene rings is 2. The van der Waals surface area contributed by atoms with Crippen LogP contribution in [0.5, 0.6) is 5.75 Å². The number of hydrogen-bond donors (Lipinski definition) is 1. The average molecular weight is 366 g/mol. The maximum absolute atomic E-state index is 13.4. The molecule has 27 heavy (non-hydrogen) atoms. The standard InChI is InChI=1S/C21H22N2O4/c1-14-8-4-6-10-16(14)23-20(25)18(15-9-5-7-11-17(15)27-3)19(21(23)26)22(2)12-13-24/h4-11,24H,12-13H2,1-3H3. The van der Waals surface area contributed by atoms with Gasteiger partial charge >= 0.3 is 0 Å². The van der Waals surface area contributed by atoms with Crippen molar-refractivity contribution < 1.29 is 19.4 Å². The molecule has 2 aromatic carbocycles. The number of aryl methyl sites for hydroxylation is 1. The molecule has 1 aliphatic heterocycles. The Morgan fingerprint density at radius 3 is 2.37 bits per heavy atom. The third-order valence-electron chi connectivity index (χ3n) is 4.61. The van der Waals surface area contributed by atoms with E-state index in [1.807, 2.05) is 19.1 Å². The number of methoxy groups -OCH3 is 1. The minimum atomic E-state index is -0.411. The van der Waals surface area contributed by atoms with Crippen molar-refractivity contribution in [3.63, 3.8) is 0 Å². The van der Waals surface area contributed by atoms with E-state index in [1.165, 1.54) is 12.0 Å². The lowest BCUT2D eigenvalue weighted by Crippen LogP contribution is -2.35. The van der Waals surface area contributed by atoms with Gasteiger partial charge in [-0.2, -0.15) is 0 Å². The van der Waals surface area contributed by atoms with Crippen molar-refractivity contribution in [2.45, 2.75) is 6.92 Å². The zero-order chi connectivity index (χ0) is 19.6. The molecular weight excluding hydrogens is 344 g/mol. The molecule has 0 radical (unpaired) electrons. The molecule has 0 bridgehead atoms. The third kappa shape index (κ3) is 3.19. The van der Waals surface area contributed by atoms with Crippen molar-refractivity contribution in [2.75, 3.05) is 32.2 Å². The summed E-state index contributed by atoms with van der Waals surface area (Å²) < 4.78 is 5.41. The lowest BCUT2D eigenvalue weighted by molar-refractivity contribution is -0.120. The summed E-state index contributed by atoms with van der Waals surface area (Å²) in [5, 5.41) is 9.34. The average Bonchev–Trinajstić information content (AvgIpc) is 2.93. The minimum Gasteiger partial charge on any atom is -0.496 e. The van der Waals surface area contributed by atoms with Gasteiger partial charge in [-0.05, 0) is 24.6 Å². The summed E-state index contributed by atoms with van der Waals surface area (Å²) in [6.07, 6.45) is 0. The van der Waals surface area contributed by atoms with Crippen LogP contribution in [0, 0.1) is 6.92 Å². The maximum Gasteiger partial charge on any atom is 0.282 e. The summed E-state index contributed by atoms with van der Waals surface area (Å²) in [6.45, 7) is 1.95. The number of aliphatic hydroxyl groups is 1. The number of hydrogen-bond acceptors (Lipinski definition) is 5. The van der Waals surface area contributed by atoms with Crippen LogP contribution in [-0.2, 0) is 9.59 Å². The second-order valence-electron chi connectivity index (χ2n) is 6.30. The van der Waals surface area contributed by atoms with Crippen molar-refractivity contribution in [1.82, 2.24) is 4.90 Å². The van der Waals surface area contributed by atoms with Gasteiger partial charge in [-0.25, -0.2) is 4.90 Å². The van der Waals surface area contributed by atoms with Crippen molar-refractivity contribution >= 4 is 23.1 Å². The molecule has 3 rings (SSSR count). The quantitative estimate of drug-likeness (QED) is 0.794. The highest BCUT2D eigenvalue weighted by atomic mass is 16.5. The molecule has 0 saturated heterocycles. The summed E-state index contributed by atoms with van der Waals surface area (Å²) in [7, 11) is 3.21. The van der Waals surface area contributed by atoms with Gasteiger partial charge in [0.25, 0.3) is 11.8 Å². The molecule has 1 heterocycles. The fourth-order valence-corrected chi connectivity index (χ4v) is 3.26. The van der Waals surface area contributed by atoms with Gasteiger partial charge in [-0.1, -0.05) is 36.4 Å². The van der Waals surface area contributed by atoms with E-state index in [4.69, 9.17) is 4.74 Å². The molecule has 0 atom stereocenters. The first-order valence-electron chi connectivity index (χ1n) is 8.65. The maximum atomic E-state index is 13.4. The Labute approximate surface area is 158 Å². The lowest BCUT2D eigenvalue weighted by atomic mass is 10.0. The second kappa shape index (κ2) is 7.63. The summed E-state index contributed by atoms with van der Waals surface area (Å²) in [5.74, 6) is -0.306. The Balaban J connectivity index is 2.20. The van der Waals surface area contributed by atoms with E-state index >= 15 is 0 Å². The van der Waals surface area contributed by atoms with Crippen LogP contribution in [-0.4, -0.2) is 49.1 Å². The molecule has 0 aliphatic carbocycles. The summed E-state index contributed by atoms with van der Waals surface area (Å²) in [6, 6.07) is 14.4. The fourth-order valence-electron chi connectivity index (χ4n) is 3.26. The molecule has 0 unspecified atom stereocenters. The van der Waals surface area contributed by atoms with E-state index in [0.717, 1.165) is 5.56 Å². The Kier molecular flexibility index (Phi) is 5.28. The highest BCUT2D eigenvalue weighted by molar-refractivity contribution is 6.45. The first-order valence-corrected chi connectivity index (χ1v) is 8.65. The second-order valence-corrected chi connectivity index (χ2v) is 6.30. The van der Waals surface area contributed by atoms with Crippen LogP contribution in [0.4, 0.5) is 5.69 Å². The van der Waals surface area contributed by atoms with Gasteiger partial charge in [-0.3, -0.25) is 9.59 Å². The molecule has 0 aromatic heterocycles. The summed E-state index contributed by atoms with van der Waals surface area (Å²) >= 11 is 0. The van der Waals surface area contributed by atoms with Crippen molar-refractivity contribution in [1.29, 1.82) is 0 Å². The predicted molar refractivity (Wildman–Crippen MR) is 103 cm³/mol. The van der Waals surface area contributed by atoms with Crippen molar-refractivity contribution in [2.24, 2.45) is 0 Å². The van der Waals surface area contributed by atoms with Crippen LogP contribution in [0.3, 0.4) is 0 Å². The van der Waals surface area contributed by atoms with E-state index in [2.05, 4.69) is 0 Å². The van der Waals surface area contributed by atoms with Gasteiger partial charge in [0.15, 0.2) is 0 Å². The summed E-state index contributed by atoms with van der Waals surface area (Å²) in [4.78, 5) is 29.4. The number of likely N-dealkylation sites (N-methyl/N-ethyl adjacent to an activating group) is 1. The van der Waals surface area contributed by atoms with Crippen LogP contribution in [0.2, 0.25) is 0 Å². The van der Waals surface area contributed by atoms with Gasteiger partial charge in [0, 0.05) is 19.2 Å². The summed E-state index contributed by atoms with van der Waals surface area (Å²) in [5.41, 5.74) is 2.45. The number of para-hydroxylation sites is 2. The molecule has 6 nitrogen and oxygen atoms in total. The molecule has 0 spiro atoms. The Bertz CT molecular complexity index is 920. The number of imide groups is 1. The molecule has 1 aliphatic rings. The van der Waals surface area contributed by atoms with Crippen molar-refractivity contribution in [3.8, 4) is 5.75 Å². The van der Waals surface area contributed by atoms with Crippen LogP contribution < -0.4 is 9.64 Å². The van der Waals surface area contributed by atoms with Crippen LogP contribution in [0.1, 0.15) is 11.1 Å². The zero-order valence-electron chi connectivity index (χ0n) is 15.6. The number of carbonyl (C=O) groups is 2. The van der Waals surface area contributed by atoms with Gasteiger partial charge in [0.05, 0.1) is 25.0 Å². The molecule has 6 heteroatoms. The van der Waals surface area contributed by atoms with Gasteiger partial charge < -0.3 is 14.7 Å². The number of rotatable bonds is 6. The SMILES string of the molecule is COc1ccccc1C1=C(N(C)CCO)C(=O)N(c2ccccc2C)C1=O. The smallest absolute Gasteiger partial charge is 0.282 e. The molecule has 1 N–H and O–H groups in total. The van der Waals surface area contributed by atoms with E-state index in [-0.39, 0.29) is 24.4 Å². The third-order valence-corrected chi connectivity index (χ3v) is 4.61. The van der Waals surface area contributed by atoms with Crippen molar-refractivity contribution in [3.05, 3.63) is 65.4 Å². The Morgan fingerprint density at radius 2 is 1.70 bits per heavy atom. The molecule has 0 saturated carbocycles. The Morgan fingerprint density at radius 1 is 1.04 bits per heavy atom. The monoisotopic (exact) mass is 366 g/mol. The van der Waals surface area contributed by atoms with Gasteiger partial charge in [0.2, 0.25) is 0 Å².